The first-order valence-corrected chi connectivity index (χ1v) is 8.29. The molecule has 0 aromatic heterocycles. The van der Waals surface area contributed by atoms with Crippen molar-refractivity contribution in [3.63, 3.8) is 0 Å². The van der Waals surface area contributed by atoms with Gasteiger partial charge in [0.25, 0.3) is 0 Å². The van der Waals surface area contributed by atoms with Gasteiger partial charge in [0.05, 0.1) is 6.10 Å². The summed E-state index contributed by atoms with van der Waals surface area (Å²) in [6, 6.07) is 3.66. The highest BCUT2D eigenvalue weighted by atomic mass is 19.3. The molecule has 1 aromatic carbocycles. The number of hydrogen-bond acceptors (Lipinski definition) is 2. The highest BCUT2D eigenvalue weighted by Crippen LogP contribution is 2.33. The minimum atomic E-state index is -2.73. The molecule has 24 heavy (non-hydrogen) atoms. The van der Waals surface area contributed by atoms with Crippen molar-refractivity contribution in [2.24, 2.45) is 0 Å². The SMILES string of the molecule is O=C(NCc1cccc(OC2CC2)c1F)NC1CCCC(F)(F)C1. The first-order chi connectivity index (χ1) is 11.4. The molecule has 0 heterocycles. The highest BCUT2D eigenvalue weighted by Gasteiger charge is 2.36. The van der Waals surface area contributed by atoms with E-state index in [4.69, 9.17) is 4.74 Å². The lowest BCUT2D eigenvalue weighted by molar-refractivity contribution is -0.0425. The number of rotatable bonds is 5. The van der Waals surface area contributed by atoms with Crippen molar-refractivity contribution in [3.05, 3.63) is 29.6 Å². The molecule has 7 heteroatoms. The molecular weight excluding hydrogens is 321 g/mol. The van der Waals surface area contributed by atoms with E-state index in [0.717, 1.165) is 12.8 Å². The van der Waals surface area contributed by atoms with Gasteiger partial charge in [0.15, 0.2) is 11.6 Å². The fourth-order valence-corrected chi connectivity index (χ4v) is 2.86. The molecule has 1 aromatic rings. The lowest BCUT2D eigenvalue weighted by Gasteiger charge is -2.29. The zero-order chi connectivity index (χ0) is 17.2. The Labute approximate surface area is 138 Å². The van der Waals surface area contributed by atoms with E-state index >= 15 is 0 Å². The number of halogens is 3. The van der Waals surface area contributed by atoms with Gasteiger partial charge in [0, 0.05) is 31.0 Å². The number of carbonyl (C=O) groups excluding carboxylic acids is 1. The molecule has 2 aliphatic carbocycles. The molecular formula is C17H21F3N2O2. The van der Waals surface area contributed by atoms with Crippen molar-refractivity contribution in [3.8, 4) is 5.75 Å². The molecule has 0 spiro atoms. The van der Waals surface area contributed by atoms with Crippen LogP contribution in [0, 0.1) is 5.82 Å². The van der Waals surface area contributed by atoms with Crippen LogP contribution in [0.5, 0.6) is 5.75 Å². The van der Waals surface area contributed by atoms with Crippen molar-refractivity contribution in [2.45, 2.75) is 63.1 Å². The molecule has 1 unspecified atom stereocenters. The maximum Gasteiger partial charge on any atom is 0.315 e. The topological polar surface area (TPSA) is 50.4 Å². The normalized spacial score (nSPS) is 22.7. The van der Waals surface area contributed by atoms with E-state index in [2.05, 4.69) is 10.6 Å². The second-order valence-corrected chi connectivity index (χ2v) is 6.52. The van der Waals surface area contributed by atoms with Crippen LogP contribution in [0.1, 0.15) is 44.1 Å². The van der Waals surface area contributed by atoms with Crippen LogP contribution in [-0.4, -0.2) is 24.1 Å². The molecule has 2 aliphatic rings. The number of amides is 2. The Morgan fingerprint density at radius 2 is 2.08 bits per heavy atom. The standard InChI is InChI=1S/C17H21F3N2O2/c18-15-11(3-1-5-14(15)24-13-6-7-13)10-21-16(23)22-12-4-2-8-17(19,20)9-12/h1,3,5,12-13H,2,4,6-10H2,(H2,21,22,23). The molecule has 4 nitrogen and oxygen atoms in total. The fourth-order valence-electron chi connectivity index (χ4n) is 2.86. The molecule has 2 fully saturated rings. The molecule has 132 valence electrons. The van der Waals surface area contributed by atoms with Gasteiger partial charge in [-0.2, -0.15) is 0 Å². The van der Waals surface area contributed by atoms with Crippen LogP contribution in [0.3, 0.4) is 0 Å². The zero-order valence-electron chi connectivity index (χ0n) is 13.3. The number of benzene rings is 1. The van der Waals surface area contributed by atoms with E-state index in [-0.39, 0.29) is 31.2 Å². The average Bonchev–Trinajstić information content (AvgIpc) is 3.31. The van der Waals surface area contributed by atoms with Crippen LogP contribution in [0.25, 0.3) is 0 Å². The quantitative estimate of drug-likeness (QED) is 0.856. The summed E-state index contributed by atoms with van der Waals surface area (Å²) >= 11 is 0. The molecule has 1 atom stereocenters. The van der Waals surface area contributed by atoms with E-state index < -0.39 is 23.8 Å². The van der Waals surface area contributed by atoms with Crippen LogP contribution in [0.4, 0.5) is 18.0 Å². The maximum absolute atomic E-state index is 14.3. The summed E-state index contributed by atoms with van der Waals surface area (Å²) < 4.78 is 46.4. The Balaban J connectivity index is 1.50. The predicted octanol–water partition coefficient (Wildman–Crippen LogP) is 3.74. The number of urea groups is 1. The average molecular weight is 342 g/mol. The molecule has 2 N–H and O–H groups in total. The number of carbonyl (C=O) groups is 1. The first kappa shape index (κ1) is 16.9. The molecule has 0 radical (unpaired) electrons. The number of nitrogens with one attached hydrogen (secondary N) is 2. The third-order valence-corrected chi connectivity index (χ3v) is 4.28. The second-order valence-electron chi connectivity index (χ2n) is 6.52. The van der Waals surface area contributed by atoms with Crippen LogP contribution in [0.2, 0.25) is 0 Å². The van der Waals surface area contributed by atoms with Crippen molar-refractivity contribution in [2.75, 3.05) is 0 Å². The van der Waals surface area contributed by atoms with E-state index in [1.807, 2.05) is 0 Å². The largest absolute Gasteiger partial charge is 0.487 e. The molecule has 0 aliphatic heterocycles. The first-order valence-electron chi connectivity index (χ1n) is 8.29. The monoisotopic (exact) mass is 342 g/mol. The van der Waals surface area contributed by atoms with Crippen molar-refractivity contribution < 1.29 is 22.7 Å². The summed E-state index contributed by atoms with van der Waals surface area (Å²) in [6.45, 7) is -0.0252. The summed E-state index contributed by atoms with van der Waals surface area (Å²) in [5.41, 5.74) is 0.303. The third-order valence-electron chi connectivity index (χ3n) is 4.28. The van der Waals surface area contributed by atoms with Crippen molar-refractivity contribution in [1.29, 1.82) is 0 Å². The lowest BCUT2D eigenvalue weighted by Crippen LogP contribution is -2.46. The molecule has 0 bridgehead atoms. The predicted molar refractivity (Wildman–Crippen MR) is 82.6 cm³/mol. The van der Waals surface area contributed by atoms with Crippen LogP contribution < -0.4 is 15.4 Å². The third kappa shape index (κ3) is 4.55. The Bertz CT molecular complexity index is 605. The van der Waals surface area contributed by atoms with Crippen molar-refractivity contribution >= 4 is 6.03 Å². The summed E-state index contributed by atoms with van der Waals surface area (Å²) in [7, 11) is 0. The lowest BCUT2D eigenvalue weighted by atomic mass is 9.92. The summed E-state index contributed by atoms with van der Waals surface area (Å²) in [5, 5.41) is 5.06. The van der Waals surface area contributed by atoms with Crippen LogP contribution >= 0.6 is 0 Å². The van der Waals surface area contributed by atoms with Gasteiger partial charge in [-0.05, 0) is 31.7 Å². The minimum absolute atomic E-state index is 0.0252. The van der Waals surface area contributed by atoms with Gasteiger partial charge >= 0.3 is 6.03 Å². The van der Waals surface area contributed by atoms with E-state index in [1.165, 1.54) is 0 Å². The number of ether oxygens (including phenoxy) is 1. The Kier molecular flexibility index (Phi) is 4.87. The van der Waals surface area contributed by atoms with Gasteiger partial charge in [-0.1, -0.05) is 12.1 Å². The number of alkyl halides is 2. The van der Waals surface area contributed by atoms with E-state index in [0.29, 0.717) is 18.4 Å². The second kappa shape index (κ2) is 6.91. The molecule has 2 saturated carbocycles. The van der Waals surface area contributed by atoms with Gasteiger partial charge in [-0.3, -0.25) is 0 Å². The fraction of sp³-hybridized carbons (Fsp3) is 0.588. The van der Waals surface area contributed by atoms with E-state index in [1.54, 1.807) is 18.2 Å². The van der Waals surface area contributed by atoms with Gasteiger partial charge in [0.2, 0.25) is 5.92 Å². The summed E-state index contributed by atoms with van der Waals surface area (Å²) in [4.78, 5) is 11.9. The molecule has 0 saturated heterocycles. The van der Waals surface area contributed by atoms with Gasteiger partial charge in [-0.15, -0.1) is 0 Å². The molecule has 2 amide bonds. The van der Waals surface area contributed by atoms with E-state index in [9.17, 15) is 18.0 Å². The highest BCUT2D eigenvalue weighted by molar-refractivity contribution is 5.74. The smallest absolute Gasteiger partial charge is 0.315 e. The minimum Gasteiger partial charge on any atom is -0.487 e. The Morgan fingerprint density at radius 3 is 2.79 bits per heavy atom. The molecule has 3 rings (SSSR count). The summed E-state index contributed by atoms with van der Waals surface area (Å²) in [5.74, 6) is -3.03. The van der Waals surface area contributed by atoms with Crippen LogP contribution in [0.15, 0.2) is 18.2 Å². The van der Waals surface area contributed by atoms with Crippen molar-refractivity contribution in [1.82, 2.24) is 10.6 Å². The Morgan fingerprint density at radius 1 is 1.29 bits per heavy atom. The van der Waals surface area contributed by atoms with Gasteiger partial charge in [0.1, 0.15) is 0 Å². The number of hydrogen-bond donors (Lipinski definition) is 2. The Hall–Kier alpha value is -1.92. The maximum atomic E-state index is 14.3. The van der Waals surface area contributed by atoms with Crippen LogP contribution in [-0.2, 0) is 6.54 Å². The zero-order valence-corrected chi connectivity index (χ0v) is 13.3. The van der Waals surface area contributed by atoms with Gasteiger partial charge < -0.3 is 15.4 Å². The van der Waals surface area contributed by atoms with Gasteiger partial charge in [-0.25, -0.2) is 18.0 Å². The summed E-state index contributed by atoms with van der Waals surface area (Å²) in [6.07, 6.45) is 2.37.